The molecule has 4 rings (SSSR count). The van der Waals surface area contributed by atoms with Gasteiger partial charge in [-0.05, 0) is 35.7 Å². The van der Waals surface area contributed by atoms with Crippen molar-refractivity contribution in [2.45, 2.75) is 52.9 Å². The number of rotatable bonds is 7. The van der Waals surface area contributed by atoms with E-state index in [9.17, 15) is 4.79 Å². The fourth-order valence-corrected chi connectivity index (χ4v) is 7.85. The highest BCUT2D eigenvalue weighted by atomic mass is 28.3. The van der Waals surface area contributed by atoms with Crippen molar-refractivity contribution in [1.82, 2.24) is 0 Å². The molecule has 0 saturated carbocycles. The predicted octanol–water partition coefficient (Wildman–Crippen LogP) is 4.32. The van der Waals surface area contributed by atoms with E-state index in [1.165, 1.54) is 6.07 Å². The Balaban J connectivity index is 1.92. The molecule has 2 N–H and O–H groups in total. The van der Waals surface area contributed by atoms with Gasteiger partial charge < -0.3 is 19.8 Å². The Labute approximate surface area is 225 Å². The summed E-state index contributed by atoms with van der Waals surface area (Å²) in [6, 6.07) is 21.3. The van der Waals surface area contributed by atoms with Gasteiger partial charge in [0.25, 0.3) is 5.91 Å². The smallest absolute Gasteiger partial charge is 0.251 e. The van der Waals surface area contributed by atoms with Gasteiger partial charge in [-0.15, -0.1) is 0 Å². The van der Waals surface area contributed by atoms with Crippen molar-refractivity contribution in [2.24, 2.45) is 11.1 Å². The number of nitrogens with zero attached hydrogens (tertiary/aromatic N) is 1. The van der Waals surface area contributed by atoms with E-state index in [0.29, 0.717) is 18.7 Å². The fourth-order valence-electron chi connectivity index (χ4n) is 5.18. The van der Waals surface area contributed by atoms with Gasteiger partial charge in [-0.1, -0.05) is 81.4 Å². The molecule has 3 atom stereocenters. The first-order valence-electron chi connectivity index (χ1n) is 12.9. The van der Waals surface area contributed by atoms with Crippen LogP contribution in [0, 0.1) is 17.0 Å². The summed E-state index contributed by atoms with van der Waals surface area (Å²) in [6.07, 6.45) is -1.04. The highest BCUT2D eigenvalue weighted by Crippen LogP contribution is 2.44. The molecule has 0 bridgehead atoms. The van der Waals surface area contributed by atoms with Gasteiger partial charge in [0.1, 0.15) is 0 Å². The zero-order valence-electron chi connectivity index (χ0n) is 22.6. The summed E-state index contributed by atoms with van der Waals surface area (Å²) in [4.78, 5) is 14.0. The Hall–Kier alpha value is -3.07. The lowest BCUT2D eigenvalue weighted by Gasteiger charge is -2.41. The lowest BCUT2D eigenvalue weighted by atomic mass is 9.83. The van der Waals surface area contributed by atoms with Gasteiger partial charge in [0.05, 0.1) is 29.6 Å². The quantitative estimate of drug-likeness (QED) is 0.455. The molecule has 1 fully saturated rings. The molecule has 1 saturated heterocycles. The second-order valence-electron chi connectivity index (χ2n) is 11.1. The summed E-state index contributed by atoms with van der Waals surface area (Å²) in [7, 11) is -2.31. The van der Waals surface area contributed by atoms with E-state index in [1.54, 1.807) is 4.90 Å². The van der Waals surface area contributed by atoms with Crippen LogP contribution < -0.4 is 21.0 Å². The number of anilines is 1. The van der Waals surface area contributed by atoms with Crippen molar-refractivity contribution in [1.29, 1.82) is 0 Å². The molecule has 5 nitrogen and oxygen atoms in total. The van der Waals surface area contributed by atoms with Crippen LogP contribution in [0.1, 0.15) is 56.6 Å². The van der Waals surface area contributed by atoms with Crippen molar-refractivity contribution in [3.63, 3.8) is 0 Å². The van der Waals surface area contributed by atoms with Gasteiger partial charge in [-0.3, -0.25) is 4.79 Å². The average molecular weight is 539 g/mol. The van der Waals surface area contributed by atoms with Crippen LogP contribution in [0.15, 0.2) is 66.7 Å². The summed E-state index contributed by atoms with van der Waals surface area (Å²) in [6.45, 7) is 10.5. The Morgan fingerprint density at radius 1 is 0.974 bits per heavy atom. The summed E-state index contributed by atoms with van der Waals surface area (Å²) >= 11 is 0. The number of primary amides is 1. The van der Waals surface area contributed by atoms with E-state index in [4.69, 9.17) is 14.9 Å². The van der Waals surface area contributed by atoms with Crippen LogP contribution in [0.2, 0.25) is 0 Å². The van der Waals surface area contributed by atoms with Crippen LogP contribution in [0.5, 0.6) is 0 Å². The van der Waals surface area contributed by atoms with Crippen molar-refractivity contribution < 1.29 is 22.7 Å². The van der Waals surface area contributed by atoms with Gasteiger partial charge in [0.2, 0.25) is 9.04 Å². The van der Waals surface area contributed by atoms with E-state index in [2.05, 4.69) is 0 Å². The third-order valence-corrected chi connectivity index (χ3v) is 9.28. The minimum absolute atomic E-state index is 0.100. The Morgan fingerprint density at radius 3 is 1.92 bits per heavy atom. The molecule has 3 unspecified atom stereocenters. The highest BCUT2D eigenvalue weighted by molar-refractivity contribution is 6.80. The van der Waals surface area contributed by atoms with Crippen molar-refractivity contribution in [2.75, 3.05) is 18.0 Å². The minimum Gasteiger partial charge on any atom is -0.403 e. The molecule has 1 aliphatic rings. The topological polar surface area (TPSA) is 64.8 Å². The molecule has 0 aromatic heterocycles. The maximum atomic E-state index is 15.9. The normalized spacial score (nSPS) is 19.0. The van der Waals surface area contributed by atoms with Crippen molar-refractivity contribution in [3.8, 4) is 0 Å². The van der Waals surface area contributed by atoms with E-state index in [1.807, 2.05) is 95.3 Å². The van der Waals surface area contributed by atoms with Crippen molar-refractivity contribution in [3.05, 3.63) is 89.5 Å². The summed E-state index contributed by atoms with van der Waals surface area (Å²) in [5.74, 6) is -3.35. The number of nitrogens with two attached hydrogens (primary N) is 1. The zero-order valence-corrected chi connectivity index (χ0v) is 23.7. The van der Waals surface area contributed by atoms with Gasteiger partial charge >= 0.3 is 0 Å². The number of amides is 1. The number of carbonyl (C=O) groups is 1. The lowest BCUT2D eigenvalue weighted by Crippen LogP contribution is -2.48. The van der Waals surface area contributed by atoms with Gasteiger partial charge in [0, 0.05) is 18.7 Å². The van der Waals surface area contributed by atoms with Crippen molar-refractivity contribution >= 4 is 31.0 Å². The predicted molar refractivity (Wildman–Crippen MR) is 150 cm³/mol. The van der Waals surface area contributed by atoms with Gasteiger partial charge in [-0.25, -0.2) is 8.78 Å². The molecular weight excluding hydrogens is 502 g/mol. The van der Waals surface area contributed by atoms with E-state index < -0.39 is 43.7 Å². The van der Waals surface area contributed by atoms with Crippen LogP contribution in [-0.4, -0.2) is 40.2 Å². The number of carbonyl (C=O) groups excluding carboxylic acids is 1. The third-order valence-electron chi connectivity index (χ3n) is 6.76. The van der Waals surface area contributed by atoms with Crippen LogP contribution in [0.25, 0.3) is 0 Å². The standard InChI is InChI=1S/C30H36F2N2O3Si/c1-19-17-34(18-20(2)36-19)27-24(16-23(29(33)35)25(31)26(27)32)28(30(3,4)5)37-38(21-12-8-6-9-13-21)22-14-10-7-11-15-22/h6-16,19-20,28,38H,17-18H2,1-5H3,(H2,33,35). The number of hydrogen-bond donors (Lipinski definition) is 1. The zero-order chi connectivity index (χ0) is 27.6. The molecule has 8 heteroatoms. The molecule has 3 aromatic rings. The van der Waals surface area contributed by atoms with Gasteiger partial charge in [-0.2, -0.15) is 0 Å². The lowest BCUT2D eigenvalue weighted by molar-refractivity contribution is -0.00576. The molecule has 0 radical (unpaired) electrons. The summed E-state index contributed by atoms with van der Waals surface area (Å²) in [5.41, 5.74) is 5.00. The maximum absolute atomic E-state index is 15.9. The molecule has 1 amide bonds. The first-order chi connectivity index (χ1) is 18.0. The average Bonchev–Trinajstić information content (AvgIpc) is 2.86. The second kappa shape index (κ2) is 11.4. The largest absolute Gasteiger partial charge is 0.403 e. The Morgan fingerprint density at radius 2 is 1.47 bits per heavy atom. The minimum atomic E-state index is -2.31. The van der Waals surface area contributed by atoms with E-state index in [0.717, 1.165) is 10.4 Å². The Bertz CT molecular complexity index is 1220. The fraction of sp³-hybridized carbons (Fsp3) is 0.367. The third kappa shape index (κ3) is 5.98. The number of halogens is 2. The van der Waals surface area contributed by atoms with Crippen LogP contribution >= 0.6 is 0 Å². The van der Waals surface area contributed by atoms with Crippen LogP contribution in [0.4, 0.5) is 14.5 Å². The first-order valence-corrected chi connectivity index (χ1v) is 14.6. The SMILES string of the molecule is CC1CN(c2c(C(O[SiH](c3ccccc3)c3ccccc3)C(C)(C)C)cc(C(N)=O)c(F)c2F)CC(C)O1. The van der Waals surface area contributed by atoms with Crippen LogP contribution in [0.3, 0.4) is 0 Å². The molecule has 38 heavy (non-hydrogen) atoms. The Kier molecular flexibility index (Phi) is 8.35. The van der Waals surface area contributed by atoms with Crippen LogP contribution in [-0.2, 0) is 9.16 Å². The first kappa shape index (κ1) is 27.9. The molecule has 1 aliphatic heterocycles. The molecule has 0 aliphatic carbocycles. The monoisotopic (exact) mass is 538 g/mol. The maximum Gasteiger partial charge on any atom is 0.251 e. The second-order valence-corrected chi connectivity index (χ2v) is 13.5. The summed E-state index contributed by atoms with van der Waals surface area (Å²) < 4.78 is 44.1. The number of hydrogen-bond acceptors (Lipinski definition) is 4. The molecule has 202 valence electrons. The molecule has 3 aromatic carbocycles. The van der Waals surface area contributed by atoms with Gasteiger partial charge in [0.15, 0.2) is 11.6 Å². The highest BCUT2D eigenvalue weighted by Gasteiger charge is 2.38. The van der Waals surface area contributed by atoms with E-state index in [-0.39, 0.29) is 17.9 Å². The number of ether oxygens (including phenoxy) is 1. The summed E-state index contributed by atoms with van der Waals surface area (Å²) in [5, 5.41) is 2.11. The molecule has 0 spiro atoms. The number of morpholine rings is 1. The number of benzene rings is 3. The molecule has 1 heterocycles. The molecular formula is C30H36F2N2O3Si. The van der Waals surface area contributed by atoms with E-state index >= 15 is 8.78 Å².